The van der Waals surface area contributed by atoms with Gasteiger partial charge in [0.1, 0.15) is 5.75 Å². The van der Waals surface area contributed by atoms with E-state index < -0.39 is 0 Å². The van der Waals surface area contributed by atoms with Gasteiger partial charge in [0.15, 0.2) is 0 Å². The summed E-state index contributed by atoms with van der Waals surface area (Å²) >= 11 is 0. The predicted molar refractivity (Wildman–Crippen MR) is 80.2 cm³/mol. The number of unbranched alkanes of at least 4 members (excludes halogenated alkanes) is 1. The third-order valence-electron chi connectivity index (χ3n) is 3.82. The molecule has 1 saturated heterocycles. The summed E-state index contributed by atoms with van der Waals surface area (Å²) in [6, 6.07) is 7.35. The molecule has 0 atom stereocenters. The van der Waals surface area contributed by atoms with E-state index in [1.807, 2.05) is 29.2 Å². The number of rotatable bonds is 5. The molecule has 0 unspecified atom stereocenters. The Balaban J connectivity index is 1.87. The molecule has 1 aromatic rings. The van der Waals surface area contributed by atoms with E-state index in [1.54, 1.807) is 7.11 Å². The zero-order chi connectivity index (χ0) is 14.4. The van der Waals surface area contributed by atoms with Gasteiger partial charge in [-0.3, -0.25) is 9.69 Å². The monoisotopic (exact) mass is 276 g/mol. The van der Waals surface area contributed by atoms with E-state index in [2.05, 4.69) is 11.8 Å². The van der Waals surface area contributed by atoms with Crippen LogP contribution in [0.5, 0.6) is 5.75 Å². The molecule has 0 spiro atoms. The van der Waals surface area contributed by atoms with Crippen molar-refractivity contribution >= 4 is 5.91 Å². The zero-order valence-electron chi connectivity index (χ0n) is 12.5. The van der Waals surface area contributed by atoms with Crippen molar-refractivity contribution in [2.45, 2.75) is 19.8 Å². The highest BCUT2D eigenvalue weighted by molar-refractivity contribution is 5.94. The van der Waals surface area contributed by atoms with Crippen LogP contribution in [0.2, 0.25) is 0 Å². The van der Waals surface area contributed by atoms with Crippen molar-refractivity contribution in [3.63, 3.8) is 0 Å². The summed E-state index contributed by atoms with van der Waals surface area (Å²) in [5, 5.41) is 0. The van der Waals surface area contributed by atoms with Crippen molar-refractivity contribution in [2.75, 3.05) is 39.8 Å². The maximum atomic E-state index is 12.4. The number of benzene rings is 1. The van der Waals surface area contributed by atoms with Crippen LogP contribution in [0.25, 0.3) is 0 Å². The molecule has 4 heteroatoms. The van der Waals surface area contributed by atoms with Crippen LogP contribution < -0.4 is 4.74 Å². The molecule has 0 N–H and O–H groups in total. The zero-order valence-corrected chi connectivity index (χ0v) is 12.5. The molecule has 1 fully saturated rings. The molecule has 1 aromatic carbocycles. The molecule has 0 radical (unpaired) electrons. The van der Waals surface area contributed by atoms with E-state index in [9.17, 15) is 4.79 Å². The molecular weight excluding hydrogens is 252 g/mol. The lowest BCUT2D eigenvalue weighted by atomic mass is 10.1. The maximum absolute atomic E-state index is 12.4. The van der Waals surface area contributed by atoms with Crippen molar-refractivity contribution in [1.29, 1.82) is 0 Å². The summed E-state index contributed by atoms with van der Waals surface area (Å²) in [6.45, 7) is 7.00. The summed E-state index contributed by atoms with van der Waals surface area (Å²) in [5.41, 5.74) is 0.743. The van der Waals surface area contributed by atoms with Gasteiger partial charge in [0.25, 0.3) is 5.91 Å². The quantitative estimate of drug-likeness (QED) is 0.827. The molecule has 20 heavy (non-hydrogen) atoms. The van der Waals surface area contributed by atoms with Crippen LogP contribution in [-0.2, 0) is 0 Å². The topological polar surface area (TPSA) is 32.8 Å². The first-order chi connectivity index (χ1) is 9.74. The highest BCUT2D eigenvalue weighted by Gasteiger charge is 2.21. The van der Waals surface area contributed by atoms with E-state index in [4.69, 9.17) is 4.74 Å². The second-order valence-electron chi connectivity index (χ2n) is 5.22. The number of hydrogen-bond donors (Lipinski definition) is 0. The van der Waals surface area contributed by atoms with Crippen molar-refractivity contribution in [2.24, 2.45) is 0 Å². The highest BCUT2D eigenvalue weighted by atomic mass is 16.5. The fourth-order valence-corrected chi connectivity index (χ4v) is 2.47. The molecule has 110 valence electrons. The Bertz CT molecular complexity index is 423. The van der Waals surface area contributed by atoms with Gasteiger partial charge in [0.05, 0.1) is 7.11 Å². The van der Waals surface area contributed by atoms with Crippen LogP contribution in [0.1, 0.15) is 30.1 Å². The average Bonchev–Trinajstić information content (AvgIpc) is 2.53. The number of carbonyl (C=O) groups is 1. The lowest BCUT2D eigenvalue weighted by molar-refractivity contribution is 0.0635. The van der Waals surface area contributed by atoms with Gasteiger partial charge in [-0.1, -0.05) is 13.3 Å². The molecule has 1 aliphatic rings. The van der Waals surface area contributed by atoms with Crippen LogP contribution >= 0.6 is 0 Å². The SMILES string of the molecule is CCCCN1CCN(C(=O)c2ccc(OC)cc2)CC1. The Morgan fingerprint density at radius 2 is 1.80 bits per heavy atom. The lowest BCUT2D eigenvalue weighted by Gasteiger charge is -2.34. The van der Waals surface area contributed by atoms with Gasteiger partial charge in [-0.05, 0) is 37.2 Å². The Morgan fingerprint density at radius 1 is 1.15 bits per heavy atom. The molecule has 0 saturated carbocycles. The molecule has 1 aliphatic heterocycles. The largest absolute Gasteiger partial charge is 0.497 e. The van der Waals surface area contributed by atoms with Gasteiger partial charge in [0, 0.05) is 31.7 Å². The maximum Gasteiger partial charge on any atom is 0.253 e. The van der Waals surface area contributed by atoms with E-state index in [0.717, 1.165) is 44.0 Å². The Labute approximate surface area is 121 Å². The molecule has 0 aliphatic carbocycles. The first-order valence-electron chi connectivity index (χ1n) is 7.40. The summed E-state index contributed by atoms with van der Waals surface area (Å²) < 4.78 is 5.11. The van der Waals surface area contributed by atoms with Gasteiger partial charge in [-0.2, -0.15) is 0 Å². The molecular formula is C16H24N2O2. The number of hydrogen-bond acceptors (Lipinski definition) is 3. The molecule has 2 rings (SSSR count). The minimum atomic E-state index is 0.128. The van der Waals surface area contributed by atoms with E-state index >= 15 is 0 Å². The predicted octanol–water partition coefficient (Wildman–Crippen LogP) is 2.25. The second-order valence-corrected chi connectivity index (χ2v) is 5.22. The normalized spacial score (nSPS) is 16.2. The Hall–Kier alpha value is -1.55. The summed E-state index contributed by atoms with van der Waals surface area (Å²) in [7, 11) is 1.63. The van der Waals surface area contributed by atoms with E-state index in [1.165, 1.54) is 12.8 Å². The van der Waals surface area contributed by atoms with Gasteiger partial charge < -0.3 is 9.64 Å². The van der Waals surface area contributed by atoms with Crippen molar-refractivity contribution in [3.8, 4) is 5.75 Å². The van der Waals surface area contributed by atoms with E-state index in [-0.39, 0.29) is 5.91 Å². The van der Waals surface area contributed by atoms with Gasteiger partial charge >= 0.3 is 0 Å². The number of ether oxygens (including phenoxy) is 1. The number of piperazine rings is 1. The van der Waals surface area contributed by atoms with Crippen molar-refractivity contribution in [1.82, 2.24) is 9.80 Å². The van der Waals surface area contributed by atoms with Crippen molar-refractivity contribution < 1.29 is 9.53 Å². The average molecular weight is 276 g/mol. The van der Waals surface area contributed by atoms with Gasteiger partial charge in [-0.15, -0.1) is 0 Å². The minimum Gasteiger partial charge on any atom is -0.497 e. The third-order valence-corrected chi connectivity index (χ3v) is 3.82. The first-order valence-corrected chi connectivity index (χ1v) is 7.40. The molecule has 1 heterocycles. The standard InChI is InChI=1S/C16H24N2O2/c1-3-4-9-17-10-12-18(13-11-17)16(19)14-5-7-15(20-2)8-6-14/h5-8H,3-4,9-13H2,1-2H3. The van der Waals surface area contributed by atoms with Crippen LogP contribution in [0, 0.1) is 0 Å². The Kier molecular flexibility index (Phi) is 5.41. The van der Waals surface area contributed by atoms with Gasteiger partial charge in [0.2, 0.25) is 0 Å². The number of carbonyl (C=O) groups excluding carboxylic acids is 1. The summed E-state index contributed by atoms with van der Waals surface area (Å²) in [4.78, 5) is 16.8. The van der Waals surface area contributed by atoms with Crippen LogP contribution in [0.3, 0.4) is 0 Å². The minimum absolute atomic E-state index is 0.128. The third kappa shape index (κ3) is 3.73. The molecule has 0 aromatic heterocycles. The number of methoxy groups -OCH3 is 1. The molecule has 0 bridgehead atoms. The van der Waals surface area contributed by atoms with E-state index in [0.29, 0.717) is 0 Å². The van der Waals surface area contributed by atoms with Crippen LogP contribution in [-0.4, -0.2) is 55.5 Å². The fourth-order valence-electron chi connectivity index (χ4n) is 2.47. The summed E-state index contributed by atoms with van der Waals surface area (Å²) in [5.74, 6) is 0.911. The Morgan fingerprint density at radius 3 is 2.35 bits per heavy atom. The smallest absolute Gasteiger partial charge is 0.253 e. The molecule has 4 nitrogen and oxygen atoms in total. The first kappa shape index (κ1) is 14.9. The highest BCUT2D eigenvalue weighted by Crippen LogP contribution is 2.14. The van der Waals surface area contributed by atoms with Crippen molar-refractivity contribution in [3.05, 3.63) is 29.8 Å². The van der Waals surface area contributed by atoms with Gasteiger partial charge in [-0.25, -0.2) is 0 Å². The number of nitrogens with zero attached hydrogens (tertiary/aromatic N) is 2. The fraction of sp³-hybridized carbons (Fsp3) is 0.562. The number of amides is 1. The molecule has 1 amide bonds. The summed E-state index contributed by atoms with van der Waals surface area (Å²) in [6.07, 6.45) is 2.47. The lowest BCUT2D eigenvalue weighted by Crippen LogP contribution is -2.48. The second kappa shape index (κ2) is 7.29. The van der Waals surface area contributed by atoms with Crippen LogP contribution in [0.15, 0.2) is 24.3 Å². The van der Waals surface area contributed by atoms with Crippen LogP contribution in [0.4, 0.5) is 0 Å².